The Morgan fingerprint density at radius 1 is 1.17 bits per heavy atom. The van der Waals surface area contributed by atoms with Crippen LogP contribution in [-0.2, 0) is 13.1 Å². The molecular formula is C23H26F2N4O6. The van der Waals surface area contributed by atoms with Crippen molar-refractivity contribution in [3.05, 3.63) is 59.2 Å². The molecule has 3 rings (SSSR count). The minimum Gasteiger partial charge on any atom is -0.490 e. The summed E-state index contributed by atoms with van der Waals surface area (Å²) in [6, 6.07) is 8.50. The molecule has 4 N–H and O–H groups in total. The molecule has 0 saturated heterocycles. The van der Waals surface area contributed by atoms with Crippen LogP contribution in [0.4, 0.5) is 8.78 Å². The maximum atomic E-state index is 12.6. The van der Waals surface area contributed by atoms with Crippen molar-refractivity contribution in [3.63, 3.8) is 0 Å². The number of hydrogen-bond acceptors (Lipinski definition) is 8. The second-order valence-corrected chi connectivity index (χ2v) is 6.47. The lowest BCUT2D eigenvalue weighted by Crippen LogP contribution is -2.25. The van der Waals surface area contributed by atoms with E-state index in [9.17, 15) is 18.4 Å². The average Bonchev–Trinajstić information content (AvgIpc) is 3.29. The van der Waals surface area contributed by atoms with Crippen LogP contribution in [0.2, 0.25) is 0 Å². The summed E-state index contributed by atoms with van der Waals surface area (Å²) in [4.78, 5) is 31.8. The standard InChI is InChI=1S/C21H20F2N4O6.C2H6/c1-2-31-15-8-11(6-7-14(15)33-21(22)23)19-27-17(16(9-24)32-19)18(28)25-10-12-4-3-5-13(26-12)20(29)30;1-2/h3-8,21H,2,9-10,24H2,1H3,(H,25,28)(H,29,30);1-2H3. The fourth-order valence-corrected chi connectivity index (χ4v) is 2.85. The number of aromatic carboxylic acids is 1. The molecule has 0 aliphatic heterocycles. The molecule has 0 aliphatic carbocycles. The third kappa shape index (κ3) is 7.21. The van der Waals surface area contributed by atoms with E-state index in [1.807, 2.05) is 13.8 Å². The van der Waals surface area contributed by atoms with Crippen molar-refractivity contribution in [2.45, 2.75) is 40.5 Å². The molecule has 0 radical (unpaired) electrons. The van der Waals surface area contributed by atoms with Crippen molar-refractivity contribution in [1.29, 1.82) is 0 Å². The van der Waals surface area contributed by atoms with E-state index in [1.54, 1.807) is 13.0 Å². The second-order valence-electron chi connectivity index (χ2n) is 6.47. The van der Waals surface area contributed by atoms with Gasteiger partial charge >= 0.3 is 12.6 Å². The number of aromatic nitrogens is 2. The van der Waals surface area contributed by atoms with E-state index in [1.165, 1.54) is 30.3 Å². The van der Waals surface area contributed by atoms with Crippen molar-refractivity contribution in [2.24, 2.45) is 5.73 Å². The number of oxazole rings is 1. The summed E-state index contributed by atoms with van der Waals surface area (Å²) in [5.74, 6) is -1.79. The van der Waals surface area contributed by atoms with Crippen LogP contribution in [0.3, 0.4) is 0 Å². The predicted octanol–water partition coefficient (Wildman–Crippen LogP) is 3.85. The van der Waals surface area contributed by atoms with Gasteiger partial charge in [-0.2, -0.15) is 8.78 Å². The quantitative estimate of drug-likeness (QED) is 0.383. The Morgan fingerprint density at radius 2 is 1.91 bits per heavy atom. The summed E-state index contributed by atoms with van der Waals surface area (Å²) in [7, 11) is 0. The summed E-state index contributed by atoms with van der Waals surface area (Å²) in [6.07, 6.45) is 0. The van der Waals surface area contributed by atoms with Gasteiger partial charge in [0.25, 0.3) is 5.91 Å². The van der Waals surface area contributed by atoms with Crippen LogP contribution in [0, 0.1) is 0 Å². The van der Waals surface area contributed by atoms with Gasteiger partial charge in [0.1, 0.15) is 5.69 Å². The molecule has 0 saturated carbocycles. The number of carboxylic acid groups (broad SMARTS) is 1. The highest BCUT2D eigenvalue weighted by molar-refractivity contribution is 5.93. The van der Waals surface area contributed by atoms with E-state index >= 15 is 0 Å². The number of pyridine rings is 1. The van der Waals surface area contributed by atoms with Crippen molar-refractivity contribution >= 4 is 11.9 Å². The van der Waals surface area contributed by atoms with E-state index in [0.29, 0.717) is 11.3 Å². The number of carboxylic acids is 1. The zero-order valence-corrected chi connectivity index (χ0v) is 19.4. The highest BCUT2D eigenvalue weighted by Crippen LogP contribution is 2.34. The largest absolute Gasteiger partial charge is 0.490 e. The number of nitrogens with two attached hydrogens (primary N) is 1. The summed E-state index contributed by atoms with van der Waals surface area (Å²) in [6.45, 7) is 2.67. The number of carbonyl (C=O) groups excluding carboxylic acids is 1. The molecule has 0 atom stereocenters. The summed E-state index contributed by atoms with van der Waals surface area (Å²) >= 11 is 0. The number of ether oxygens (including phenoxy) is 2. The highest BCUT2D eigenvalue weighted by atomic mass is 19.3. The molecule has 10 nitrogen and oxygen atoms in total. The van der Waals surface area contributed by atoms with E-state index < -0.39 is 18.5 Å². The molecule has 0 spiro atoms. The Bertz CT molecular complexity index is 1150. The van der Waals surface area contributed by atoms with Crippen molar-refractivity contribution < 1.29 is 37.4 Å². The maximum absolute atomic E-state index is 12.6. The van der Waals surface area contributed by atoms with Crippen LogP contribution in [0.5, 0.6) is 11.5 Å². The van der Waals surface area contributed by atoms with Gasteiger partial charge in [0.15, 0.2) is 23.0 Å². The average molecular weight is 492 g/mol. The Kier molecular flexibility index (Phi) is 10.1. The van der Waals surface area contributed by atoms with E-state index in [4.69, 9.17) is 20.0 Å². The molecule has 2 aromatic heterocycles. The molecule has 0 bridgehead atoms. The normalized spacial score (nSPS) is 10.4. The van der Waals surface area contributed by atoms with Crippen LogP contribution in [-0.4, -0.2) is 40.2 Å². The molecule has 0 fully saturated rings. The predicted molar refractivity (Wildman–Crippen MR) is 121 cm³/mol. The first-order valence-corrected chi connectivity index (χ1v) is 10.7. The molecule has 3 aromatic rings. The molecule has 0 unspecified atom stereocenters. The first-order chi connectivity index (χ1) is 16.8. The molecule has 1 aromatic carbocycles. The Hall–Kier alpha value is -4.06. The SMILES string of the molecule is CC.CCOc1cc(-c2nc(C(=O)NCc3cccc(C(=O)O)n3)c(CN)o2)ccc1OC(F)F. The van der Waals surface area contributed by atoms with Crippen LogP contribution in [0.15, 0.2) is 40.8 Å². The van der Waals surface area contributed by atoms with E-state index in [0.717, 1.165) is 0 Å². The second kappa shape index (κ2) is 13.0. The van der Waals surface area contributed by atoms with Gasteiger partial charge < -0.3 is 30.0 Å². The van der Waals surface area contributed by atoms with Gasteiger partial charge in [-0.1, -0.05) is 19.9 Å². The van der Waals surface area contributed by atoms with Gasteiger partial charge in [-0.25, -0.2) is 14.8 Å². The third-order valence-electron chi connectivity index (χ3n) is 4.26. The lowest BCUT2D eigenvalue weighted by molar-refractivity contribution is -0.0514. The molecular weight excluding hydrogens is 466 g/mol. The number of alkyl halides is 2. The summed E-state index contributed by atoms with van der Waals surface area (Å²) in [5.41, 5.74) is 6.13. The van der Waals surface area contributed by atoms with Gasteiger partial charge in [0, 0.05) is 5.56 Å². The molecule has 0 aliphatic rings. The number of nitrogens with one attached hydrogen (secondary N) is 1. The molecule has 2 heterocycles. The van der Waals surface area contributed by atoms with Crippen molar-refractivity contribution in [1.82, 2.24) is 15.3 Å². The summed E-state index contributed by atoms with van der Waals surface area (Å²) < 4.78 is 40.6. The number of amides is 1. The van der Waals surface area contributed by atoms with Gasteiger partial charge in [0.2, 0.25) is 5.89 Å². The lowest BCUT2D eigenvalue weighted by atomic mass is 10.2. The molecule has 12 heteroatoms. The lowest BCUT2D eigenvalue weighted by Gasteiger charge is -2.11. The van der Waals surface area contributed by atoms with Gasteiger partial charge in [-0.3, -0.25) is 4.79 Å². The van der Waals surface area contributed by atoms with E-state index in [-0.39, 0.29) is 54.2 Å². The molecule has 188 valence electrons. The third-order valence-corrected chi connectivity index (χ3v) is 4.26. The highest BCUT2D eigenvalue weighted by Gasteiger charge is 2.21. The fourth-order valence-electron chi connectivity index (χ4n) is 2.85. The topological polar surface area (TPSA) is 150 Å². The van der Waals surface area contributed by atoms with Crippen molar-refractivity contribution in [3.8, 4) is 23.0 Å². The zero-order chi connectivity index (χ0) is 26.0. The fraction of sp³-hybridized carbons (Fsp3) is 0.304. The van der Waals surface area contributed by atoms with E-state index in [2.05, 4.69) is 20.0 Å². The number of rotatable bonds is 10. The van der Waals surface area contributed by atoms with Crippen molar-refractivity contribution in [2.75, 3.05) is 6.61 Å². The monoisotopic (exact) mass is 492 g/mol. The smallest absolute Gasteiger partial charge is 0.387 e. The molecule has 35 heavy (non-hydrogen) atoms. The Balaban J connectivity index is 0.00000210. The number of nitrogens with zero attached hydrogens (tertiary/aromatic N) is 2. The summed E-state index contributed by atoms with van der Waals surface area (Å²) in [5, 5.41) is 11.6. The molecule has 1 amide bonds. The first kappa shape index (κ1) is 27.2. The van der Waals surface area contributed by atoms with Crippen LogP contribution in [0.25, 0.3) is 11.5 Å². The van der Waals surface area contributed by atoms with Crippen LogP contribution in [0.1, 0.15) is 53.2 Å². The number of benzene rings is 1. The van der Waals surface area contributed by atoms with Crippen LogP contribution >= 0.6 is 0 Å². The number of hydrogen-bond donors (Lipinski definition) is 3. The van der Waals surface area contributed by atoms with Crippen LogP contribution < -0.4 is 20.5 Å². The van der Waals surface area contributed by atoms with Gasteiger partial charge in [-0.05, 0) is 37.3 Å². The van der Waals surface area contributed by atoms with Gasteiger partial charge in [0.05, 0.1) is 25.4 Å². The Morgan fingerprint density at radius 3 is 2.54 bits per heavy atom. The maximum Gasteiger partial charge on any atom is 0.387 e. The Labute approximate surface area is 200 Å². The first-order valence-electron chi connectivity index (χ1n) is 10.7. The zero-order valence-electron chi connectivity index (χ0n) is 19.4. The number of halogens is 2. The minimum absolute atomic E-state index is 0.0242. The minimum atomic E-state index is -3.03. The number of carbonyl (C=O) groups is 2. The van der Waals surface area contributed by atoms with Gasteiger partial charge in [-0.15, -0.1) is 0 Å².